The van der Waals surface area contributed by atoms with E-state index >= 15 is 0 Å². The zero-order valence-corrected chi connectivity index (χ0v) is 8.52. The number of H-pyrrole nitrogens is 1. The number of aryl methyl sites for hydroxylation is 1. The summed E-state index contributed by atoms with van der Waals surface area (Å²) in [6.45, 7) is 8.77. The lowest BCUT2D eigenvalue weighted by Crippen LogP contribution is -2.20. The van der Waals surface area contributed by atoms with Crippen LogP contribution in [0.2, 0.25) is 0 Å². The summed E-state index contributed by atoms with van der Waals surface area (Å²) in [5.74, 6) is 0.553. The van der Waals surface area contributed by atoms with Crippen LogP contribution in [-0.4, -0.2) is 23.3 Å². The van der Waals surface area contributed by atoms with Crippen molar-refractivity contribution in [2.24, 2.45) is 5.41 Å². The summed E-state index contributed by atoms with van der Waals surface area (Å²) in [6, 6.07) is 2.15. The molecule has 1 fully saturated rings. The first-order valence-electron chi connectivity index (χ1n) is 4.82. The van der Waals surface area contributed by atoms with Gasteiger partial charge in [-0.15, -0.1) is 0 Å². The normalized spacial score (nSPS) is 26.5. The molecule has 0 aromatic carbocycles. The summed E-state index contributed by atoms with van der Waals surface area (Å²) >= 11 is 0. The summed E-state index contributed by atoms with van der Waals surface area (Å²) < 4.78 is 0. The van der Waals surface area contributed by atoms with E-state index in [0.717, 1.165) is 18.8 Å². The van der Waals surface area contributed by atoms with Gasteiger partial charge in [-0.2, -0.15) is 5.10 Å². The molecule has 0 amide bonds. The van der Waals surface area contributed by atoms with E-state index in [9.17, 15) is 0 Å². The third-order valence-electron chi connectivity index (χ3n) is 2.96. The van der Waals surface area contributed by atoms with Gasteiger partial charge in [0.2, 0.25) is 0 Å². The lowest BCUT2D eigenvalue weighted by atomic mass is 9.80. The maximum atomic E-state index is 4.33. The van der Waals surface area contributed by atoms with Crippen LogP contribution in [0.3, 0.4) is 0 Å². The van der Waals surface area contributed by atoms with Crippen molar-refractivity contribution in [1.29, 1.82) is 0 Å². The monoisotopic (exact) mass is 179 g/mol. The average Bonchev–Trinajstić information content (AvgIpc) is 2.56. The minimum atomic E-state index is 0.335. The molecule has 1 atom stereocenters. The minimum absolute atomic E-state index is 0.335. The molecule has 0 spiro atoms. The first-order chi connectivity index (χ1) is 6.09. The molecule has 1 aliphatic rings. The molecule has 0 radical (unpaired) electrons. The van der Waals surface area contributed by atoms with Gasteiger partial charge in [-0.05, 0) is 18.4 Å². The van der Waals surface area contributed by atoms with E-state index in [2.05, 4.69) is 35.4 Å². The highest BCUT2D eigenvalue weighted by molar-refractivity contribution is 5.17. The van der Waals surface area contributed by atoms with Crippen molar-refractivity contribution >= 4 is 0 Å². The second-order valence-corrected chi connectivity index (χ2v) is 4.65. The van der Waals surface area contributed by atoms with Crippen LogP contribution in [0, 0.1) is 12.3 Å². The van der Waals surface area contributed by atoms with E-state index in [1.54, 1.807) is 0 Å². The molecular formula is C10H17N3. The quantitative estimate of drug-likeness (QED) is 0.684. The lowest BCUT2D eigenvalue weighted by molar-refractivity contribution is 0.357. The van der Waals surface area contributed by atoms with Crippen LogP contribution in [0.1, 0.15) is 31.2 Å². The molecule has 1 aromatic heterocycles. The van der Waals surface area contributed by atoms with Crippen molar-refractivity contribution in [1.82, 2.24) is 15.5 Å². The Morgan fingerprint density at radius 3 is 2.77 bits per heavy atom. The van der Waals surface area contributed by atoms with Gasteiger partial charge in [0.1, 0.15) is 0 Å². The van der Waals surface area contributed by atoms with Crippen molar-refractivity contribution in [2.45, 2.75) is 26.7 Å². The van der Waals surface area contributed by atoms with Crippen molar-refractivity contribution in [3.63, 3.8) is 0 Å². The molecule has 2 heterocycles. The number of aromatic nitrogens is 2. The van der Waals surface area contributed by atoms with Crippen LogP contribution in [0.25, 0.3) is 0 Å². The molecule has 72 valence electrons. The van der Waals surface area contributed by atoms with E-state index < -0.39 is 0 Å². The molecule has 1 aliphatic heterocycles. The first kappa shape index (κ1) is 8.75. The Labute approximate surface area is 78.9 Å². The number of nitrogens with zero attached hydrogens (tertiary/aromatic N) is 1. The number of hydrogen-bond donors (Lipinski definition) is 2. The molecule has 3 heteroatoms. The van der Waals surface area contributed by atoms with Gasteiger partial charge >= 0.3 is 0 Å². The summed E-state index contributed by atoms with van der Waals surface area (Å²) in [5.41, 5.74) is 2.69. The molecule has 2 N–H and O–H groups in total. The van der Waals surface area contributed by atoms with Crippen LogP contribution in [0.5, 0.6) is 0 Å². The maximum absolute atomic E-state index is 4.33. The zero-order valence-electron chi connectivity index (χ0n) is 8.52. The van der Waals surface area contributed by atoms with Gasteiger partial charge in [0, 0.05) is 24.7 Å². The fraction of sp³-hybridized carbons (Fsp3) is 0.700. The van der Waals surface area contributed by atoms with Gasteiger partial charge in [-0.1, -0.05) is 13.8 Å². The van der Waals surface area contributed by atoms with Crippen LogP contribution in [-0.2, 0) is 0 Å². The highest BCUT2D eigenvalue weighted by Crippen LogP contribution is 2.37. The lowest BCUT2D eigenvalue weighted by Gasteiger charge is -2.23. The molecule has 13 heavy (non-hydrogen) atoms. The molecular weight excluding hydrogens is 162 g/mol. The summed E-state index contributed by atoms with van der Waals surface area (Å²) in [7, 11) is 0. The van der Waals surface area contributed by atoms with E-state index in [0.29, 0.717) is 11.3 Å². The predicted molar refractivity (Wildman–Crippen MR) is 52.7 cm³/mol. The molecule has 0 unspecified atom stereocenters. The van der Waals surface area contributed by atoms with Gasteiger partial charge in [0.15, 0.2) is 0 Å². The number of aromatic amines is 1. The Bertz CT molecular complexity index is 301. The van der Waals surface area contributed by atoms with E-state index in [-0.39, 0.29) is 0 Å². The molecule has 0 bridgehead atoms. The standard InChI is InChI=1S/C10H17N3/c1-7-4-9(13-12-7)8-5-11-6-10(8,2)3/h4,8,11H,5-6H2,1-3H3,(H,12,13)/t8-/m1/s1. The summed E-state index contributed by atoms with van der Waals surface area (Å²) in [6.07, 6.45) is 0. The molecule has 1 aromatic rings. The van der Waals surface area contributed by atoms with Gasteiger partial charge < -0.3 is 5.32 Å². The van der Waals surface area contributed by atoms with Crippen molar-refractivity contribution in [3.05, 3.63) is 17.5 Å². The third-order valence-corrected chi connectivity index (χ3v) is 2.96. The number of rotatable bonds is 1. The van der Waals surface area contributed by atoms with Crippen molar-refractivity contribution in [2.75, 3.05) is 13.1 Å². The largest absolute Gasteiger partial charge is 0.315 e. The average molecular weight is 179 g/mol. The Kier molecular flexibility index (Phi) is 1.91. The molecule has 3 nitrogen and oxygen atoms in total. The summed E-state index contributed by atoms with van der Waals surface area (Å²) in [5, 5.41) is 10.8. The topological polar surface area (TPSA) is 40.7 Å². The molecule has 1 saturated heterocycles. The molecule has 0 saturated carbocycles. The van der Waals surface area contributed by atoms with Crippen LogP contribution >= 0.6 is 0 Å². The fourth-order valence-corrected chi connectivity index (χ4v) is 2.06. The smallest absolute Gasteiger partial charge is 0.0674 e. The molecule has 2 rings (SSSR count). The SMILES string of the molecule is Cc1cc([C@H]2CNCC2(C)C)n[nH]1. The van der Waals surface area contributed by atoms with Crippen LogP contribution in [0.15, 0.2) is 6.07 Å². The Morgan fingerprint density at radius 2 is 2.31 bits per heavy atom. The maximum Gasteiger partial charge on any atom is 0.0674 e. The number of nitrogens with one attached hydrogen (secondary N) is 2. The van der Waals surface area contributed by atoms with Gasteiger partial charge in [0.25, 0.3) is 0 Å². The first-order valence-corrected chi connectivity index (χ1v) is 4.82. The van der Waals surface area contributed by atoms with Crippen LogP contribution in [0.4, 0.5) is 0 Å². The third kappa shape index (κ3) is 1.48. The van der Waals surface area contributed by atoms with Gasteiger partial charge in [-0.3, -0.25) is 5.10 Å². The number of hydrogen-bond acceptors (Lipinski definition) is 2. The minimum Gasteiger partial charge on any atom is -0.315 e. The summed E-state index contributed by atoms with van der Waals surface area (Å²) in [4.78, 5) is 0. The zero-order chi connectivity index (χ0) is 9.47. The van der Waals surface area contributed by atoms with E-state index in [4.69, 9.17) is 0 Å². The Balaban J connectivity index is 2.26. The fourth-order valence-electron chi connectivity index (χ4n) is 2.06. The van der Waals surface area contributed by atoms with Gasteiger partial charge in [-0.25, -0.2) is 0 Å². The highest BCUT2D eigenvalue weighted by Gasteiger charge is 2.36. The second-order valence-electron chi connectivity index (χ2n) is 4.65. The van der Waals surface area contributed by atoms with Gasteiger partial charge in [0.05, 0.1) is 5.69 Å². The Hall–Kier alpha value is -0.830. The van der Waals surface area contributed by atoms with E-state index in [1.165, 1.54) is 5.69 Å². The van der Waals surface area contributed by atoms with Crippen LogP contribution < -0.4 is 5.32 Å². The van der Waals surface area contributed by atoms with Crippen molar-refractivity contribution < 1.29 is 0 Å². The van der Waals surface area contributed by atoms with Crippen molar-refractivity contribution in [3.8, 4) is 0 Å². The molecule has 0 aliphatic carbocycles. The highest BCUT2D eigenvalue weighted by atomic mass is 15.1. The predicted octanol–water partition coefficient (Wildman–Crippen LogP) is 1.43. The second kappa shape index (κ2) is 2.84. The van der Waals surface area contributed by atoms with E-state index in [1.807, 2.05) is 6.92 Å². The Morgan fingerprint density at radius 1 is 1.54 bits per heavy atom.